The molecule has 26 heavy (non-hydrogen) atoms. The number of sulfonamides is 1. The van der Waals surface area contributed by atoms with Crippen LogP contribution in [-0.2, 0) is 30.8 Å². The summed E-state index contributed by atoms with van der Waals surface area (Å²) in [5.74, 6) is -0.491. The van der Waals surface area contributed by atoms with E-state index in [2.05, 4.69) is 5.32 Å². The van der Waals surface area contributed by atoms with Gasteiger partial charge in [0.15, 0.2) is 0 Å². The minimum absolute atomic E-state index is 0.0853. The minimum atomic E-state index is -3.18. The Bertz CT molecular complexity index is 722. The molecule has 0 aliphatic carbocycles. The Balaban J connectivity index is 1.86. The molecule has 144 valence electrons. The summed E-state index contributed by atoms with van der Waals surface area (Å²) < 4.78 is 30.1. The van der Waals surface area contributed by atoms with Gasteiger partial charge in [-0.15, -0.1) is 0 Å². The van der Waals surface area contributed by atoms with Crippen LogP contribution in [0.2, 0.25) is 0 Å². The van der Waals surface area contributed by atoms with Crippen molar-refractivity contribution in [3.8, 4) is 0 Å². The quantitative estimate of drug-likeness (QED) is 0.726. The number of piperidine rings is 1. The van der Waals surface area contributed by atoms with Gasteiger partial charge in [-0.25, -0.2) is 12.7 Å². The van der Waals surface area contributed by atoms with E-state index in [1.165, 1.54) is 4.31 Å². The van der Waals surface area contributed by atoms with Gasteiger partial charge in [0.25, 0.3) is 0 Å². The monoisotopic (exact) mass is 382 g/mol. The molecular formula is C18H26N2O5S. The lowest BCUT2D eigenvalue weighted by molar-refractivity contribution is -0.142. The second-order valence-electron chi connectivity index (χ2n) is 6.24. The molecule has 7 nitrogen and oxygen atoms in total. The van der Waals surface area contributed by atoms with Crippen LogP contribution in [-0.4, -0.2) is 50.0 Å². The Morgan fingerprint density at radius 1 is 1.15 bits per heavy atom. The molecule has 0 bridgehead atoms. The third-order valence-corrected chi connectivity index (χ3v) is 6.34. The zero-order valence-corrected chi connectivity index (χ0v) is 16.0. The lowest BCUT2D eigenvalue weighted by atomic mass is 9.97. The van der Waals surface area contributed by atoms with Crippen molar-refractivity contribution in [2.24, 2.45) is 5.92 Å². The van der Waals surface area contributed by atoms with Gasteiger partial charge in [-0.1, -0.05) is 12.1 Å². The molecule has 0 spiro atoms. The molecule has 1 amide bonds. The van der Waals surface area contributed by atoms with E-state index in [9.17, 15) is 18.0 Å². The van der Waals surface area contributed by atoms with Crippen molar-refractivity contribution < 1.29 is 22.7 Å². The molecular weight excluding hydrogens is 356 g/mol. The van der Waals surface area contributed by atoms with Gasteiger partial charge < -0.3 is 10.1 Å². The van der Waals surface area contributed by atoms with Gasteiger partial charge in [0.05, 0.1) is 18.8 Å². The molecule has 0 atom stereocenters. The van der Waals surface area contributed by atoms with Crippen molar-refractivity contribution in [2.45, 2.75) is 33.1 Å². The Hall–Kier alpha value is -1.93. The average molecular weight is 382 g/mol. The third-order valence-electron chi connectivity index (χ3n) is 4.46. The minimum Gasteiger partial charge on any atom is -0.466 e. The molecule has 2 rings (SSSR count). The zero-order valence-electron chi connectivity index (χ0n) is 15.2. The van der Waals surface area contributed by atoms with Crippen LogP contribution in [0.25, 0.3) is 0 Å². The van der Waals surface area contributed by atoms with Crippen LogP contribution in [0.3, 0.4) is 0 Å². The molecule has 1 saturated heterocycles. The number of rotatable bonds is 7. The normalized spacial score (nSPS) is 16.2. The average Bonchev–Trinajstić information content (AvgIpc) is 2.63. The van der Waals surface area contributed by atoms with Crippen LogP contribution in [0.5, 0.6) is 0 Å². The van der Waals surface area contributed by atoms with E-state index in [1.54, 1.807) is 38.1 Å². The molecule has 1 fully saturated rings. The van der Waals surface area contributed by atoms with Gasteiger partial charge in [0.2, 0.25) is 15.9 Å². The number of esters is 1. The van der Waals surface area contributed by atoms with Crippen LogP contribution in [0, 0.1) is 5.92 Å². The van der Waals surface area contributed by atoms with Crippen LogP contribution in [0.4, 0.5) is 5.69 Å². The van der Waals surface area contributed by atoms with Crippen molar-refractivity contribution in [3.63, 3.8) is 0 Å². The van der Waals surface area contributed by atoms with Gasteiger partial charge in [0.1, 0.15) is 0 Å². The van der Waals surface area contributed by atoms with Crippen LogP contribution < -0.4 is 5.32 Å². The molecule has 1 aromatic carbocycles. The number of hydrogen-bond donors (Lipinski definition) is 1. The van der Waals surface area contributed by atoms with Crippen LogP contribution >= 0.6 is 0 Å². The lowest BCUT2D eigenvalue weighted by Gasteiger charge is -2.30. The van der Waals surface area contributed by atoms with Crippen molar-refractivity contribution in [1.82, 2.24) is 4.31 Å². The highest BCUT2D eigenvalue weighted by Crippen LogP contribution is 2.22. The Morgan fingerprint density at radius 3 is 2.31 bits per heavy atom. The molecule has 0 saturated carbocycles. The summed E-state index contributed by atoms with van der Waals surface area (Å²) in [5, 5.41) is 2.86. The SMILES string of the molecule is CCOC(=O)Cc1ccc(NC(=O)C2CCN(S(=O)(=O)CC)CC2)cc1. The molecule has 1 aliphatic rings. The summed E-state index contributed by atoms with van der Waals surface area (Å²) in [6.45, 7) is 4.50. The summed E-state index contributed by atoms with van der Waals surface area (Å²) in [6.07, 6.45) is 1.24. The fourth-order valence-corrected chi connectivity index (χ4v) is 4.04. The molecule has 0 radical (unpaired) electrons. The topological polar surface area (TPSA) is 92.8 Å². The number of anilines is 1. The summed E-state index contributed by atoms with van der Waals surface area (Å²) >= 11 is 0. The van der Waals surface area contributed by atoms with E-state index in [-0.39, 0.29) is 30.0 Å². The van der Waals surface area contributed by atoms with Gasteiger partial charge >= 0.3 is 5.97 Å². The highest BCUT2D eigenvalue weighted by Gasteiger charge is 2.30. The summed E-state index contributed by atoms with van der Waals surface area (Å²) in [5.41, 5.74) is 1.48. The number of nitrogens with zero attached hydrogens (tertiary/aromatic N) is 1. The molecule has 1 aromatic rings. The van der Waals surface area contributed by atoms with Gasteiger partial charge in [-0.2, -0.15) is 0 Å². The summed E-state index contributed by atoms with van der Waals surface area (Å²) in [4.78, 5) is 23.8. The predicted molar refractivity (Wildman–Crippen MR) is 99.2 cm³/mol. The smallest absolute Gasteiger partial charge is 0.310 e. The fraction of sp³-hybridized carbons (Fsp3) is 0.556. The van der Waals surface area contributed by atoms with Crippen LogP contribution in [0.15, 0.2) is 24.3 Å². The van der Waals surface area contributed by atoms with Gasteiger partial charge in [-0.3, -0.25) is 9.59 Å². The molecule has 0 unspecified atom stereocenters. The van der Waals surface area contributed by atoms with Crippen molar-refractivity contribution >= 4 is 27.6 Å². The van der Waals surface area contributed by atoms with E-state index in [4.69, 9.17) is 4.74 Å². The number of benzene rings is 1. The second kappa shape index (κ2) is 9.14. The Morgan fingerprint density at radius 2 is 1.77 bits per heavy atom. The number of amides is 1. The maximum atomic E-state index is 12.4. The first kappa shape index (κ1) is 20.4. The summed E-state index contributed by atoms with van der Waals surface area (Å²) in [7, 11) is -3.18. The molecule has 0 aromatic heterocycles. The van der Waals surface area contributed by atoms with Gasteiger partial charge in [-0.05, 0) is 44.4 Å². The standard InChI is InChI=1S/C18H26N2O5S/c1-3-25-17(21)13-14-5-7-16(8-6-14)19-18(22)15-9-11-20(12-10-15)26(23,24)4-2/h5-8,15H,3-4,9-13H2,1-2H3,(H,19,22). The molecule has 1 N–H and O–H groups in total. The van der Waals surface area contributed by atoms with E-state index in [0.717, 1.165) is 5.56 Å². The van der Waals surface area contributed by atoms with Crippen molar-refractivity contribution in [1.29, 1.82) is 0 Å². The zero-order chi connectivity index (χ0) is 19.2. The van der Waals surface area contributed by atoms with Crippen molar-refractivity contribution in [2.75, 3.05) is 30.8 Å². The van der Waals surface area contributed by atoms with E-state index in [0.29, 0.717) is 38.2 Å². The first-order valence-corrected chi connectivity index (χ1v) is 10.5. The van der Waals surface area contributed by atoms with Gasteiger partial charge in [0, 0.05) is 24.7 Å². The van der Waals surface area contributed by atoms with E-state index < -0.39 is 10.0 Å². The number of carbonyl (C=O) groups is 2. The van der Waals surface area contributed by atoms with E-state index >= 15 is 0 Å². The predicted octanol–water partition coefficient (Wildman–Crippen LogP) is 1.79. The third kappa shape index (κ3) is 5.54. The first-order chi connectivity index (χ1) is 12.4. The maximum absolute atomic E-state index is 12.4. The Labute approximate surface area is 154 Å². The summed E-state index contributed by atoms with van der Waals surface area (Å²) in [6, 6.07) is 7.07. The van der Waals surface area contributed by atoms with Crippen molar-refractivity contribution in [3.05, 3.63) is 29.8 Å². The van der Waals surface area contributed by atoms with E-state index in [1.807, 2.05) is 0 Å². The highest BCUT2D eigenvalue weighted by molar-refractivity contribution is 7.89. The molecule has 1 aliphatic heterocycles. The number of nitrogens with one attached hydrogen (secondary N) is 1. The highest BCUT2D eigenvalue weighted by atomic mass is 32.2. The molecule has 1 heterocycles. The number of ether oxygens (including phenoxy) is 1. The Kier molecular flexibility index (Phi) is 7.16. The first-order valence-electron chi connectivity index (χ1n) is 8.89. The number of carbonyl (C=O) groups excluding carboxylic acids is 2. The maximum Gasteiger partial charge on any atom is 0.310 e. The molecule has 8 heteroatoms. The van der Waals surface area contributed by atoms with Crippen LogP contribution in [0.1, 0.15) is 32.3 Å². The fourth-order valence-electron chi connectivity index (χ4n) is 2.91. The largest absolute Gasteiger partial charge is 0.466 e. The number of hydrogen-bond acceptors (Lipinski definition) is 5. The second-order valence-corrected chi connectivity index (χ2v) is 8.50. The lowest BCUT2D eigenvalue weighted by Crippen LogP contribution is -2.42.